The fourth-order valence-corrected chi connectivity index (χ4v) is 1.99. The van der Waals surface area contributed by atoms with Gasteiger partial charge in [0.15, 0.2) is 0 Å². The number of aromatic nitrogens is 2. The number of rotatable bonds is 4. The highest BCUT2D eigenvalue weighted by atomic mass is 35.5. The Bertz CT molecular complexity index is 696. The van der Waals surface area contributed by atoms with Crippen LogP contribution in [0.2, 0.25) is 5.02 Å². The number of nitrogens with one attached hydrogen (secondary N) is 1. The van der Waals surface area contributed by atoms with Gasteiger partial charge in [0.2, 0.25) is 5.91 Å². The van der Waals surface area contributed by atoms with Gasteiger partial charge in [0.25, 0.3) is 5.56 Å². The second-order valence-corrected chi connectivity index (χ2v) is 5.15. The Morgan fingerprint density at radius 3 is 2.95 bits per heavy atom. The van der Waals surface area contributed by atoms with Crippen LogP contribution < -0.4 is 10.9 Å². The highest BCUT2D eigenvalue weighted by Gasteiger charge is 2.10. The third-order valence-corrected chi connectivity index (χ3v) is 3.35. The van der Waals surface area contributed by atoms with Crippen LogP contribution >= 0.6 is 11.6 Å². The average molecular weight is 294 g/mol. The summed E-state index contributed by atoms with van der Waals surface area (Å²) in [4.78, 5) is 28.2. The molecule has 2 rings (SSSR count). The van der Waals surface area contributed by atoms with Gasteiger partial charge in [-0.3, -0.25) is 14.2 Å². The van der Waals surface area contributed by atoms with Crippen molar-refractivity contribution in [2.45, 2.75) is 32.9 Å². The van der Waals surface area contributed by atoms with E-state index < -0.39 is 0 Å². The third kappa shape index (κ3) is 3.17. The number of amides is 1. The lowest BCUT2D eigenvalue weighted by atomic mass is 10.2. The van der Waals surface area contributed by atoms with E-state index in [-0.39, 0.29) is 24.1 Å². The number of hydrogen-bond acceptors (Lipinski definition) is 3. The van der Waals surface area contributed by atoms with Crippen molar-refractivity contribution in [3.8, 4) is 0 Å². The molecular weight excluding hydrogens is 278 g/mol. The highest BCUT2D eigenvalue weighted by Crippen LogP contribution is 2.13. The Balaban J connectivity index is 2.29. The zero-order valence-electron chi connectivity index (χ0n) is 11.4. The van der Waals surface area contributed by atoms with E-state index in [0.29, 0.717) is 15.9 Å². The van der Waals surface area contributed by atoms with Gasteiger partial charge in [-0.15, -0.1) is 0 Å². The summed E-state index contributed by atoms with van der Waals surface area (Å²) in [6.45, 7) is 3.86. The standard InChI is InChI=1S/C14H16ClN3O2/c1-3-9(2)17-13(19)7-18-8-16-12-5-4-10(15)6-11(12)14(18)20/h4-6,8-9H,3,7H2,1-2H3,(H,17,19)/t9-/m0/s1. The first-order valence-corrected chi connectivity index (χ1v) is 6.83. The van der Waals surface area contributed by atoms with Gasteiger partial charge in [0.1, 0.15) is 6.54 Å². The van der Waals surface area contributed by atoms with Gasteiger partial charge in [-0.05, 0) is 31.5 Å². The molecule has 106 valence electrons. The van der Waals surface area contributed by atoms with Crippen LogP contribution in [0.4, 0.5) is 0 Å². The second kappa shape index (κ2) is 6.05. The molecule has 5 nitrogen and oxygen atoms in total. The number of hydrogen-bond donors (Lipinski definition) is 1. The van der Waals surface area contributed by atoms with Gasteiger partial charge in [-0.25, -0.2) is 4.98 Å². The molecular formula is C14H16ClN3O2. The molecule has 0 aliphatic carbocycles. The monoisotopic (exact) mass is 293 g/mol. The Morgan fingerprint density at radius 2 is 2.25 bits per heavy atom. The van der Waals surface area contributed by atoms with E-state index in [9.17, 15) is 9.59 Å². The summed E-state index contributed by atoms with van der Waals surface area (Å²) in [7, 11) is 0. The zero-order chi connectivity index (χ0) is 14.7. The van der Waals surface area contributed by atoms with E-state index in [1.807, 2.05) is 13.8 Å². The van der Waals surface area contributed by atoms with Crippen molar-refractivity contribution < 1.29 is 4.79 Å². The molecule has 0 aliphatic rings. The Morgan fingerprint density at radius 1 is 1.50 bits per heavy atom. The van der Waals surface area contributed by atoms with Crippen LogP contribution in [0.25, 0.3) is 10.9 Å². The molecule has 0 unspecified atom stereocenters. The van der Waals surface area contributed by atoms with Crippen molar-refractivity contribution in [2.75, 3.05) is 0 Å². The summed E-state index contributed by atoms with van der Waals surface area (Å²) >= 11 is 5.88. The van der Waals surface area contributed by atoms with Gasteiger partial charge < -0.3 is 5.32 Å². The summed E-state index contributed by atoms with van der Waals surface area (Å²) in [5, 5.41) is 3.70. The van der Waals surface area contributed by atoms with Crippen molar-refractivity contribution >= 4 is 28.4 Å². The van der Waals surface area contributed by atoms with Crippen LogP contribution in [0.15, 0.2) is 29.3 Å². The topological polar surface area (TPSA) is 64.0 Å². The van der Waals surface area contributed by atoms with Crippen molar-refractivity contribution in [3.05, 3.63) is 39.9 Å². The molecule has 0 spiro atoms. The summed E-state index contributed by atoms with van der Waals surface area (Å²) < 4.78 is 1.29. The van der Waals surface area contributed by atoms with Crippen molar-refractivity contribution in [1.29, 1.82) is 0 Å². The Kier molecular flexibility index (Phi) is 4.39. The summed E-state index contributed by atoms with van der Waals surface area (Å²) in [5.41, 5.74) is 0.301. The van der Waals surface area contributed by atoms with E-state index in [1.165, 1.54) is 10.9 Å². The minimum Gasteiger partial charge on any atom is -0.352 e. The van der Waals surface area contributed by atoms with E-state index in [2.05, 4.69) is 10.3 Å². The molecule has 0 saturated heterocycles. The van der Waals surface area contributed by atoms with Crippen molar-refractivity contribution in [2.24, 2.45) is 0 Å². The Hall–Kier alpha value is -1.88. The number of carbonyl (C=O) groups is 1. The fraction of sp³-hybridized carbons (Fsp3) is 0.357. The molecule has 20 heavy (non-hydrogen) atoms. The molecule has 1 N–H and O–H groups in total. The van der Waals surface area contributed by atoms with Crippen LogP contribution in [0.1, 0.15) is 20.3 Å². The van der Waals surface area contributed by atoms with Crippen molar-refractivity contribution in [3.63, 3.8) is 0 Å². The maximum absolute atomic E-state index is 12.3. The molecule has 1 heterocycles. The van der Waals surface area contributed by atoms with Crippen LogP contribution in [0.3, 0.4) is 0 Å². The molecule has 6 heteroatoms. The molecule has 0 aliphatic heterocycles. The predicted molar refractivity (Wildman–Crippen MR) is 78.9 cm³/mol. The fourth-order valence-electron chi connectivity index (χ4n) is 1.82. The molecule has 0 saturated carbocycles. The van der Waals surface area contributed by atoms with E-state index in [4.69, 9.17) is 11.6 Å². The normalized spacial score (nSPS) is 12.3. The molecule has 0 bridgehead atoms. The van der Waals surface area contributed by atoms with Gasteiger partial charge in [-0.2, -0.15) is 0 Å². The SMILES string of the molecule is CC[C@H](C)NC(=O)Cn1cnc2ccc(Cl)cc2c1=O. The highest BCUT2D eigenvalue weighted by molar-refractivity contribution is 6.31. The lowest BCUT2D eigenvalue weighted by Crippen LogP contribution is -2.37. The molecule has 1 amide bonds. The van der Waals surface area contributed by atoms with E-state index in [1.54, 1.807) is 18.2 Å². The van der Waals surface area contributed by atoms with Gasteiger partial charge in [0.05, 0.1) is 17.2 Å². The lowest BCUT2D eigenvalue weighted by Gasteiger charge is -2.12. The maximum Gasteiger partial charge on any atom is 0.261 e. The van der Waals surface area contributed by atoms with Crippen LogP contribution in [-0.4, -0.2) is 21.5 Å². The molecule has 1 atom stereocenters. The summed E-state index contributed by atoms with van der Waals surface area (Å²) in [6.07, 6.45) is 2.22. The molecule has 2 aromatic rings. The molecule has 0 fully saturated rings. The van der Waals surface area contributed by atoms with Gasteiger partial charge in [-0.1, -0.05) is 18.5 Å². The zero-order valence-corrected chi connectivity index (χ0v) is 12.1. The first-order chi connectivity index (χ1) is 9.51. The Labute approximate surface area is 121 Å². The van der Waals surface area contributed by atoms with E-state index in [0.717, 1.165) is 6.42 Å². The quantitative estimate of drug-likeness (QED) is 0.937. The molecule has 0 radical (unpaired) electrons. The number of halogens is 1. The largest absolute Gasteiger partial charge is 0.352 e. The molecule has 1 aromatic heterocycles. The summed E-state index contributed by atoms with van der Waals surface area (Å²) in [6, 6.07) is 5.01. The summed E-state index contributed by atoms with van der Waals surface area (Å²) in [5.74, 6) is -0.204. The molecule has 1 aromatic carbocycles. The minimum atomic E-state index is -0.267. The lowest BCUT2D eigenvalue weighted by molar-refractivity contribution is -0.122. The second-order valence-electron chi connectivity index (χ2n) is 4.72. The van der Waals surface area contributed by atoms with Gasteiger partial charge in [0, 0.05) is 11.1 Å². The first kappa shape index (κ1) is 14.5. The van der Waals surface area contributed by atoms with Crippen molar-refractivity contribution in [1.82, 2.24) is 14.9 Å². The third-order valence-electron chi connectivity index (χ3n) is 3.12. The van der Waals surface area contributed by atoms with Gasteiger partial charge >= 0.3 is 0 Å². The first-order valence-electron chi connectivity index (χ1n) is 6.45. The van der Waals surface area contributed by atoms with Crippen LogP contribution in [0, 0.1) is 0 Å². The number of fused-ring (bicyclic) bond motifs is 1. The minimum absolute atomic E-state index is 0.0430. The smallest absolute Gasteiger partial charge is 0.261 e. The number of carbonyl (C=O) groups excluding carboxylic acids is 1. The number of nitrogens with zero attached hydrogens (tertiary/aromatic N) is 2. The van der Waals surface area contributed by atoms with Crippen LogP contribution in [-0.2, 0) is 11.3 Å². The predicted octanol–water partition coefficient (Wildman–Crippen LogP) is 1.96. The average Bonchev–Trinajstić information content (AvgIpc) is 2.42. The maximum atomic E-state index is 12.3. The van der Waals surface area contributed by atoms with Crippen LogP contribution in [0.5, 0.6) is 0 Å². The number of benzene rings is 1. The van der Waals surface area contributed by atoms with E-state index >= 15 is 0 Å².